The lowest BCUT2D eigenvalue weighted by atomic mass is 10.1. The van der Waals surface area contributed by atoms with Crippen LogP contribution >= 0.6 is 0 Å². The van der Waals surface area contributed by atoms with E-state index in [0.717, 1.165) is 0 Å². The number of rotatable bonds is 5. The Balaban J connectivity index is 2.30. The first-order valence-electron chi connectivity index (χ1n) is 5.34. The Bertz CT molecular complexity index is 407. The highest BCUT2D eigenvalue weighted by Crippen LogP contribution is 2.06. The summed E-state index contributed by atoms with van der Waals surface area (Å²) in [5.41, 5.74) is 0.365. The zero-order valence-corrected chi connectivity index (χ0v) is 9.63. The van der Waals surface area contributed by atoms with Crippen molar-refractivity contribution in [2.45, 2.75) is 13.3 Å². The van der Waals surface area contributed by atoms with Gasteiger partial charge in [0.05, 0.1) is 6.42 Å². The molecule has 17 heavy (non-hydrogen) atoms. The Hall–Kier alpha value is -1.91. The van der Waals surface area contributed by atoms with E-state index in [1.807, 2.05) is 0 Å². The average molecular weight is 238 g/mol. The van der Waals surface area contributed by atoms with Gasteiger partial charge in [-0.25, -0.2) is 4.39 Å². The zero-order chi connectivity index (χ0) is 12.7. The second-order valence-corrected chi connectivity index (χ2v) is 3.60. The summed E-state index contributed by atoms with van der Waals surface area (Å²) < 4.78 is 13.2. The fourth-order valence-electron chi connectivity index (χ4n) is 1.32. The van der Waals surface area contributed by atoms with Crippen LogP contribution in [0.2, 0.25) is 0 Å². The van der Waals surface area contributed by atoms with Crippen LogP contribution in [0, 0.1) is 5.82 Å². The normalized spacial score (nSPS) is 9.76. The predicted octanol–water partition coefficient (Wildman–Crippen LogP) is 0.620. The molecular formula is C12H15FN2O2. The predicted molar refractivity (Wildman–Crippen MR) is 61.8 cm³/mol. The van der Waals surface area contributed by atoms with Crippen LogP contribution in [0.3, 0.4) is 0 Å². The summed E-state index contributed by atoms with van der Waals surface area (Å²) in [6, 6.07) is 6.15. The first kappa shape index (κ1) is 13.2. The molecule has 0 atom stereocenters. The Morgan fingerprint density at radius 1 is 1.18 bits per heavy atom. The summed E-state index contributed by atoms with van der Waals surface area (Å²) in [7, 11) is 0. The molecule has 92 valence electrons. The van der Waals surface area contributed by atoms with Gasteiger partial charge in [-0.15, -0.1) is 0 Å². The molecule has 5 heteroatoms. The van der Waals surface area contributed by atoms with Crippen molar-refractivity contribution in [2.75, 3.05) is 13.1 Å². The van der Waals surface area contributed by atoms with E-state index in [4.69, 9.17) is 0 Å². The van der Waals surface area contributed by atoms with Crippen LogP contribution in [-0.2, 0) is 16.0 Å². The lowest BCUT2D eigenvalue weighted by molar-refractivity contribution is -0.121. The molecule has 0 saturated heterocycles. The van der Waals surface area contributed by atoms with E-state index in [1.165, 1.54) is 13.0 Å². The first-order valence-corrected chi connectivity index (χ1v) is 5.34. The molecule has 0 heterocycles. The van der Waals surface area contributed by atoms with Gasteiger partial charge in [-0.2, -0.15) is 0 Å². The topological polar surface area (TPSA) is 58.2 Å². The van der Waals surface area contributed by atoms with Crippen molar-refractivity contribution in [2.24, 2.45) is 0 Å². The van der Waals surface area contributed by atoms with Crippen LogP contribution < -0.4 is 10.6 Å². The summed E-state index contributed by atoms with van der Waals surface area (Å²) in [6.07, 6.45) is 0.00669. The monoisotopic (exact) mass is 238 g/mol. The molecule has 1 aromatic rings. The summed E-state index contributed by atoms with van der Waals surface area (Å²) in [5, 5.41) is 5.14. The van der Waals surface area contributed by atoms with Gasteiger partial charge in [0, 0.05) is 20.0 Å². The molecular weight excluding hydrogens is 223 g/mol. The van der Waals surface area contributed by atoms with E-state index >= 15 is 0 Å². The number of hydrogen-bond acceptors (Lipinski definition) is 2. The van der Waals surface area contributed by atoms with Gasteiger partial charge in [-0.3, -0.25) is 9.59 Å². The summed E-state index contributed by atoms with van der Waals surface area (Å²) in [6.45, 7) is 2.12. The molecule has 0 fully saturated rings. The van der Waals surface area contributed by atoms with Gasteiger partial charge in [-0.05, 0) is 11.6 Å². The highest BCUT2D eigenvalue weighted by molar-refractivity contribution is 5.78. The van der Waals surface area contributed by atoms with Crippen LogP contribution in [0.15, 0.2) is 24.3 Å². The third-order valence-corrected chi connectivity index (χ3v) is 2.13. The molecule has 0 saturated carbocycles. The Kier molecular flexibility index (Phi) is 5.13. The van der Waals surface area contributed by atoms with Crippen molar-refractivity contribution in [1.29, 1.82) is 0 Å². The van der Waals surface area contributed by atoms with Crippen molar-refractivity contribution in [3.63, 3.8) is 0 Å². The van der Waals surface area contributed by atoms with Gasteiger partial charge in [-0.1, -0.05) is 18.2 Å². The minimum Gasteiger partial charge on any atom is -0.355 e. The third kappa shape index (κ3) is 5.10. The molecule has 0 aliphatic rings. The number of carbonyl (C=O) groups excluding carboxylic acids is 2. The number of hydrogen-bond donors (Lipinski definition) is 2. The number of halogens is 1. The molecule has 0 aliphatic heterocycles. The summed E-state index contributed by atoms with van der Waals surface area (Å²) in [4.78, 5) is 22.0. The minimum atomic E-state index is -0.385. The smallest absolute Gasteiger partial charge is 0.224 e. The molecule has 0 aromatic heterocycles. The molecule has 4 nitrogen and oxygen atoms in total. The summed E-state index contributed by atoms with van der Waals surface area (Å²) in [5.74, 6) is -0.793. The maximum absolute atomic E-state index is 13.2. The van der Waals surface area contributed by atoms with E-state index in [-0.39, 0.29) is 24.1 Å². The van der Waals surface area contributed by atoms with Crippen molar-refractivity contribution in [3.05, 3.63) is 35.6 Å². The molecule has 0 aliphatic carbocycles. The lowest BCUT2D eigenvalue weighted by Gasteiger charge is -2.06. The SMILES string of the molecule is CC(=O)NCCNC(=O)Cc1ccccc1F. The quantitative estimate of drug-likeness (QED) is 0.739. The van der Waals surface area contributed by atoms with Crippen molar-refractivity contribution in [3.8, 4) is 0 Å². The van der Waals surface area contributed by atoms with Crippen LogP contribution in [0.1, 0.15) is 12.5 Å². The van der Waals surface area contributed by atoms with E-state index in [9.17, 15) is 14.0 Å². The average Bonchev–Trinajstić information content (AvgIpc) is 2.27. The van der Waals surface area contributed by atoms with Crippen LogP contribution in [0.5, 0.6) is 0 Å². The van der Waals surface area contributed by atoms with Gasteiger partial charge < -0.3 is 10.6 Å². The maximum Gasteiger partial charge on any atom is 0.224 e. The molecule has 0 unspecified atom stereocenters. The van der Waals surface area contributed by atoms with Gasteiger partial charge in [0.2, 0.25) is 11.8 Å². The van der Waals surface area contributed by atoms with Gasteiger partial charge in [0.25, 0.3) is 0 Å². The van der Waals surface area contributed by atoms with Crippen molar-refractivity contribution >= 4 is 11.8 Å². The summed E-state index contributed by atoms with van der Waals surface area (Å²) >= 11 is 0. The molecule has 1 rings (SSSR count). The molecule has 0 radical (unpaired) electrons. The Morgan fingerprint density at radius 2 is 1.82 bits per heavy atom. The maximum atomic E-state index is 13.2. The van der Waals surface area contributed by atoms with Crippen LogP contribution in [0.25, 0.3) is 0 Å². The first-order chi connectivity index (χ1) is 8.09. The minimum absolute atomic E-state index is 0.00669. The fraction of sp³-hybridized carbons (Fsp3) is 0.333. The fourth-order valence-corrected chi connectivity index (χ4v) is 1.32. The standard InChI is InChI=1S/C12H15FN2O2/c1-9(16)14-6-7-15-12(17)8-10-4-2-3-5-11(10)13/h2-5H,6-8H2,1H3,(H,14,16)(H,15,17). The van der Waals surface area contributed by atoms with Crippen LogP contribution in [0.4, 0.5) is 4.39 Å². The van der Waals surface area contributed by atoms with Crippen molar-refractivity contribution < 1.29 is 14.0 Å². The van der Waals surface area contributed by atoms with Gasteiger partial charge in [0.1, 0.15) is 5.82 Å². The molecule has 0 bridgehead atoms. The molecule has 2 amide bonds. The van der Waals surface area contributed by atoms with E-state index in [1.54, 1.807) is 18.2 Å². The molecule has 2 N–H and O–H groups in total. The second-order valence-electron chi connectivity index (χ2n) is 3.60. The highest BCUT2D eigenvalue weighted by Gasteiger charge is 2.06. The number of benzene rings is 1. The van der Waals surface area contributed by atoms with E-state index in [2.05, 4.69) is 10.6 Å². The van der Waals surface area contributed by atoms with Crippen LogP contribution in [-0.4, -0.2) is 24.9 Å². The third-order valence-electron chi connectivity index (χ3n) is 2.13. The van der Waals surface area contributed by atoms with Gasteiger partial charge >= 0.3 is 0 Å². The largest absolute Gasteiger partial charge is 0.355 e. The number of amides is 2. The highest BCUT2D eigenvalue weighted by atomic mass is 19.1. The zero-order valence-electron chi connectivity index (χ0n) is 9.63. The van der Waals surface area contributed by atoms with Crippen molar-refractivity contribution in [1.82, 2.24) is 10.6 Å². The number of carbonyl (C=O) groups is 2. The molecule has 0 spiro atoms. The Morgan fingerprint density at radius 3 is 2.47 bits per heavy atom. The lowest BCUT2D eigenvalue weighted by Crippen LogP contribution is -2.34. The Labute approximate surface area is 99.2 Å². The van der Waals surface area contributed by atoms with E-state index in [0.29, 0.717) is 18.7 Å². The molecule has 1 aromatic carbocycles. The second kappa shape index (κ2) is 6.62. The number of nitrogens with one attached hydrogen (secondary N) is 2. The van der Waals surface area contributed by atoms with Gasteiger partial charge in [0.15, 0.2) is 0 Å². The van der Waals surface area contributed by atoms with E-state index < -0.39 is 0 Å².